The van der Waals surface area contributed by atoms with Gasteiger partial charge >= 0.3 is 65.5 Å². The van der Waals surface area contributed by atoms with Crippen molar-refractivity contribution in [3.05, 3.63) is 0 Å². The van der Waals surface area contributed by atoms with Crippen LogP contribution in [0.1, 0.15) is 0 Å². The Morgan fingerprint density at radius 1 is 1.70 bits per heavy atom. The molecule has 0 aliphatic rings. The Bertz CT molecular complexity index is 110. The number of rotatable bonds is 5. The van der Waals surface area contributed by atoms with Crippen LogP contribution in [0, 0.1) is 0 Å². The van der Waals surface area contributed by atoms with Gasteiger partial charge in [-0.1, -0.05) is 0 Å². The molecule has 0 aromatic rings. The van der Waals surface area contributed by atoms with E-state index < -0.39 is 12.0 Å². The molecular weight excluding hydrogens is 199 g/mol. The van der Waals surface area contributed by atoms with Gasteiger partial charge in [-0.25, -0.2) is 0 Å². The fourth-order valence-corrected chi connectivity index (χ4v) is 2.07. The fraction of sp³-hybridized carbons (Fsp3) is 0.800. The summed E-state index contributed by atoms with van der Waals surface area (Å²) in [6.07, 6.45) is 0. The molecule has 5 heteroatoms. The second-order valence-electron chi connectivity index (χ2n) is 1.96. The van der Waals surface area contributed by atoms with Gasteiger partial charge in [0.15, 0.2) is 0 Å². The molecule has 0 fully saturated rings. The summed E-state index contributed by atoms with van der Waals surface area (Å²) >= 11 is 0.423. The van der Waals surface area contributed by atoms with Gasteiger partial charge in [-0.3, -0.25) is 0 Å². The van der Waals surface area contributed by atoms with Crippen LogP contribution in [-0.2, 0) is 4.79 Å². The van der Waals surface area contributed by atoms with Gasteiger partial charge in [0.05, 0.1) is 0 Å². The van der Waals surface area contributed by atoms with Crippen molar-refractivity contribution in [3.63, 3.8) is 0 Å². The van der Waals surface area contributed by atoms with E-state index in [0.29, 0.717) is 15.0 Å². The number of hydrogen-bond acceptors (Lipinski definition) is 1. The first-order chi connectivity index (χ1) is 4.68. The molecule has 0 aliphatic heterocycles. The summed E-state index contributed by atoms with van der Waals surface area (Å²) in [5.74, 6) is -0.786. The number of carboxylic acids is 1. The van der Waals surface area contributed by atoms with Gasteiger partial charge in [-0.2, -0.15) is 0 Å². The van der Waals surface area contributed by atoms with E-state index in [1.165, 1.54) is 0 Å². The first kappa shape index (κ1) is 9.91. The quantitative estimate of drug-likeness (QED) is 0.347. The third-order valence-electron chi connectivity index (χ3n) is 0.957. The Hall–Kier alpha value is -0.0905. The summed E-state index contributed by atoms with van der Waals surface area (Å²) in [5, 5.41) is 10.2. The van der Waals surface area contributed by atoms with Crippen molar-refractivity contribution in [2.45, 2.75) is 16.7 Å². The zero-order valence-electron chi connectivity index (χ0n) is 5.88. The molecule has 0 saturated heterocycles. The Morgan fingerprint density at radius 2 is 2.30 bits per heavy atom. The van der Waals surface area contributed by atoms with E-state index in [4.69, 9.17) is 5.11 Å². The molecule has 0 heterocycles. The molecule has 1 atom stereocenters. The van der Waals surface area contributed by atoms with Gasteiger partial charge in [0, 0.05) is 0 Å². The fourth-order valence-electron chi connectivity index (χ4n) is 0.399. The SMILES string of the molecule is [NH3+]CC[Se]C[C@H]([NH3+])C(=O)O. The number of aliphatic carboxylic acids is 1. The molecule has 0 aromatic carbocycles. The van der Waals surface area contributed by atoms with Crippen LogP contribution >= 0.6 is 0 Å². The van der Waals surface area contributed by atoms with Crippen LogP contribution in [0.4, 0.5) is 0 Å². The monoisotopic (exact) mass is 214 g/mol. The van der Waals surface area contributed by atoms with Crippen LogP contribution in [0.25, 0.3) is 0 Å². The van der Waals surface area contributed by atoms with Gasteiger partial charge in [-0.15, -0.1) is 0 Å². The van der Waals surface area contributed by atoms with E-state index in [1.807, 2.05) is 0 Å². The summed E-state index contributed by atoms with van der Waals surface area (Å²) in [7, 11) is 0. The second kappa shape index (κ2) is 5.68. The van der Waals surface area contributed by atoms with Crippen molar-refractivity contribution >= 4 is 20.9 Å². The number of quaternary nitrogens is 2. The Morgan fingerprint density at radius 3 is 2.70 bits per heavy atom. The van der Waals surface area contributed by atoms with Gasteiger partial charge in [-0.05, 0) is 0 Å². The summed E-state index contributed by atoms with van der Waals surface area (Å²) < 4.78 is 0. The van der Waals surface area contributed by atoms with Crippen LogP contribution < -0.4 is 11.5 Å². The van der Waals surface area contributed by atoms with E-state index >= 15 is 0 Å². The molecule has 7 N–H and O–H groups in total. The number of hydrogen-bond donors (Lipinski definition) is 3. The third-order valence-corrected chi connectivity index (χ3v) is 3.51. The van der Waals surface area contributed by atoms with Crippen molar-refractivity contribution in [2.75, 3.05) is 6.54 Å². The van der Waals surface area contributed by atoms with Gasteiger partial charge < -0.3 is 0 Å². The van der Waals surface area contributed by atoms with E-state index in [0.717, 1.165) is 17.2 Å². The summed E-state index contributed by atoms with van der Waals surface area (Å²) in [6, 6.07) is -0.411. The molecule has 0 bridgehead atoms. The molecule has 4 nitrogen and oxygen atoms in total. The number of carboxylic acid groups (broad SMARTS) is 1. The average molecular weight is 213 g/mol. The predicted molar refractivity (Wildman–Crippen MR) is 37.4 cm³/mol. The van der Waals surface area contributed by atoms with E-state index in [9.17, 15) is 4.79 Å². The molecule has 60 valence electrons. The minimum absolute atomic E-state index is 0.411. The Balaban J connectivity index is 3.21. The summed E-state index contributed by atoms with van der Waals surface area (Å²) in [4.78, 5) is 10.2. The maximum atomic E-state index is 10.2. The zero-order valence-corrected chi connectivity index (χ0v) is 7.59. The van der Waals surface area contributed by atoms with E-state index in [1.54, 1.807) is 0 Å². The Kier molecular flexibility index (Phi) is 5.62. The molecule has 0 spiro atoms. The van der Waals surface area contributed by atoms with Crippen molar-refractivity contribution < 1.29 is 21.4 Å². The van der Waals surface area contributed by atoms with Gasteiger partial charge in [0.2, 0.25) is 0 Å². The van der Waals surface area contributed by atoms with E-state index in [2.05, 4.69) is 11.5 Å². The molecule has 0 unspecified atom stereocenters. The summed E-state index contributed by atoms with van der Waals surface area (Å²) in [6.45, 7) is 0.909. The van der Waals surface area contributed by atoms with Crippen molar-refractivity contribution in [3.8, 4) is 0 Å². The van der Waals surface area contributed by atoms with Crippen molar-refractivity contribution in [1.29, 1.82) is 0 Å². The number of carbonyl (C=O) groups is 1. The first-order valence-corrected chi connectivity index (χ1v) is 5.53. The third kappa shape index (κ3) is 4.76. The molecule has 0 aromatic heterocycles. The van der Waals surface area contributed by atoms with Crippen LogP contribution in [0.3, 0.4) is 0 Å². The Labute approximate surface area is 66.1 Å². The average Bonchev–Trinajstić information content (AvgIpc) is 1.88. The normalized spacial score (nSPS) is 13.0. The van der Waals surface area contributed by atoms with Crippen LogP contribution in [0.15, 0.2) is 0 Å². The minimum atomic E-state index is -0.786. The predicted octanol–water partition coefficient (Wildman–Crippen LogP) is -2.54. The second-order valence-corrected chi connectivity index (χ2v) is 4.38. The molecule has 0 radical (unpaired) electrons. The molecular formula is C5H14N2O2Se+2. The van der Waals surface area contributed by atoms with Crippen molar-refractivity contribution in [1.82, 2.24) is 0 Å². The van der Waals surface area contributed by atoms with Gasteiger partial charge in [0.1, 0.15) is 0 Å². The summed E-state index contributed by atoms with van der Waals surface area (Å²) in [5.41, 5.74) is 7.18. The first-order valence-electron chi connectivity index (χ1n) is 3.11. The molecule has 10 heavy (non-hydrogen) atoms. The van der Waals surface area contributed by atoms with Gasteiger partial charge in [0.25, 0.3) is 0 Å². The van der Waals surface area contributed by atoms with Crippen molar-refractivity contribution in [2.24, 2.45) is 0 Å². The van der Waals surface area contributed by atoms with Crippen LogP contribution in [0.5, 0.6) is 0 Å². The molecule has 0 aliphatic carbocycles. The molecule has 0 saturated carbocycles. The maximum absolute atomic E-state index is 10.2. The van der Waals surface area contributed by atoms with Crippen LogP contribution in [-0.4, -0.2) is 38.6 Å². The zero-order chi connectivity index (χ0) is 7.98. The molecule has 0 amide bonds. The standard InChI is InChI=1S/C5H12N2O2Se/c6-1-2-10-3-4(7)5(8)9/h4H,1-3,6-7H2,(H,8,9)/p+2/t4-/m0/s1. The topological polar surface area (TPSA) is 92.6 Å². The van der Waals surface area contributed by atoms with E-state index in [-0.39, 0.29) is 0 Å². The van der Waals surface area contributed by atoms with Crippen LogP contribution in [0.2, 0.25) is 10.6 Å². The molecule has 0 rings (SSSR count).